The zero-order chi connectivity index (χ0) is 19.7. The minimum absolute atomic E-state index is 0.0190. The van der Waals surface area contributed by atoms with Gasteiger partial charge in [0, 0.05) is 12.2 Å². The fourth-order valence-corrected chi connectivity index (χ4v) is 3.72. The van der Waals surface area contributed by atoms with Crippen LogP contribution in [0.3, 0.4) is 0 Å². The van der Waals surface area contributed by atoms with Crippen molar-refractivity contribution < 1.29 is 9.53 Å². The molecule has 2 aromatic heterocycles. The molecule has 28 heavy (non-hydrogen) atoms. The maximum absolute atomic E-state index is 12.7. The molecule has 0 N–H and O–H groups in total. The van der Waals surface area contributed by atoms with E-state index in [-0.39, 0.29) is 24.6 Å². The minimum atomic E-state index is -0.441. The summed E-state index contributed by atoms with van der Waals surface area (Å²) in [5.41, 5.74) is 1.81. The zero-order valence-corrected chi connectivity index (χ0v) is 16.2. The molecule has 1 aromatic carbocycles. The van der Waals surface area contributed by atoms with E-state index in [4.69, 9.17) is 4.74 Å². The molecule has 1 aliphatic rings. The third-order valence-electron chi connectivity index (χ3n) is 4.84. The first-order chi connectivity index (χ1) is 13.6. The van der Waals surface area contributed by atoms with Gasteiger partial charge in [-0.25, -0.2) is 9.67 Å². The van der Waals surface area contributed by atoms with Gasteiger partial charge in [0.25, 0.3) is 0 Å². The van der Waals surface area contributed by atoms with Crippen molar-refractivity contribution in [2.45, 2.75) is 39.0 Å². The number of aromatic nitrogens is 4. The molecule has 0 saturated carbocycles. The number of hydrogen-bond donors (Lipinski definition) is 0. The van der Waals surface area contributed by atoms with Crippen molar-refractivity contribution in [3.8, 4) is 5.69 Å². The SMILES string of the molecule is Cc1nc([C@H]2OCC(=O)N(C(C)C)[C@@H]2c2ccccc2)n(-c2cccnc2)n1. The van der Waals surface area contributed by atoms with Crippen molar-refractivity contribution >= 4 is 5.91 Å². The van der Waals surface area contributed by atoms with Crippen molar-refractivity contribution in [3.05, 3.63) is 72.1 Å². The highest BCUT2D eigenvalue weighted by Gasteiger charge is 2.42. The van der Waals surface area contributed by atoms with Gasteiger partial charge in [-0.1, -0.05) is 30.3 Å². The monoisotopic (exact) mass is 377 g/mol. The number of rotatable bonds is 4. The number of morpholine rings is 1. The molecule has 7 heteroatoms. The zero-order valence-electron chi connectivity index (χ0n) is 16.2. The number of benzene rings is 1. The number of hydrogen-bond acceptors (Lipinski definition) is 5. The molecular weight excluding hydrogens is 354 g/mol. The van der Waals surface area contributed by atoms with Crippen LogP contribution >= 0.6 is 0 Å². The molecule has 0 aliphatic carbocycles. The van der Waals surface area contributed by atoms with Crippen LogP contribution in [0.1, 0.15) is 43.2 Å². The maximum atomic E-state index is 12.7. The van der Waals surface area contributed by atoms with Crippen LogP contribution in [-0.4, -0.2) is 43.2 Å². The van der Waals surface area contributed by atoms with Crippen LogP contribution < -0.4 is 0 Å². The Kier molecular flexibility index (Phi) is 4.92. The predicted molar refractivity (Wildman–Crippen MR) is 104 cm³/mol. The highest BCUT2D eigenvalue weighted by atomic mass is 16.5. The van der Waals surface area contributed by atoms with E-state index in [1.807, 2.05) is 68.1 Å². The molecule has 1 fully saturated rings. The fraction of sp³-hybridized carbons (Fsp3) is 0.333. The Morgan fingerprint density at radius 2 is 1.93 bits per heavy atom. The van der Waals surface area contributed by atoms with E-state index in [9.17, 15) is 4.79 Å². The molecule has 1 saturated heterocycles. The molecule has 1 amide bonds. The summed E-state index contributed by atoms with van der Waals surface area (Å²) in [7, 11) is 0. The van der Waals surface area contributed by atoms with E-state index >= 15 is 0 Å². The van der Waals surface area contributed by atoms with Gasteiger partial charge in [-0.3, -0.25) is 9.78 Å². The van der Waals surface area contributed by atoms with Gasteiger partial charge in [0.15, 0.2) is 5.82 Å². The summed E-state index contributed by atoms with van der Waals surface area (Å²) in [6.07, 6.45) is 3.02. The van der Waals surface area contributed by atoms with Crippen LogP contribution in [0.25, 0.3) is 5.69 Å². The lowest BCUT2D eigenvalue weighted by atomic mass is 9.95. The molecule has 144 valence electrons. The summed E-state index contributed by atoms with van der Waals surface area (Å²) in [5, 5.41) is 4.56. The van der Waals surface area contributed by atoms with Crippen LogP contribution in [0.2, 0.25) is 0 Å². The quantitative estimate of drug-likeness (QED) is 0.699. The van der Waals surface area contributed by atoms with Gasteiger partial charge in [-0.2, -0.15) is 5.10 Å². The highest BCUT2D eigenvalue weighted by molar-refractivity contribution is 5.79. The second-order valence-electron chi connectivity index (χ2n) is 7.12. The van der Waals surface area contributed by atoms with E-state index in [1.54, 1.807) is 17.1 Å². The van der Waals surface area contributed by atoms with Gasteiger partial charge in [0.05, 0.1) is 17.9 Å². The minimum Gasteiger partial charge on any atom is -0.358 e. The van der Waals surface area contributed by atoms with Gasteiger partial charge >= 0.3 is 0 Å². The molecule has 3 heterocycles. The van der Waals surface area contributed by atoms with Gasteiger partial charge in [0.2, 0.25) is 5.91 Å². The third-order valence-corrected chi connectivity index (χ3v) is 4.84. The van der Waals surface area contributed by atoms with E-state index in [1.165, 1.54) is 0 Å². The third kappa shape index (κ3) is 3.29. The largest absolute Gasteiger partial charge is 0.358 e. The van der Waals surface area contributed by atoms with Crippen LogP contribution in [0.4, 0.5) is 0 Å². The summed E-state index contributed by atoms with van der Waals surface area (Å²) < 4.78 is 7.83. The molecule has 2 atom stereocenters. The topological polar surface area (TPSA) is 73.1 Å². The molecule has 1 aliphatic heterocycles. The second kappa shape index (κ2) is 7.52. The Morgan fingerprint density at radius 1 is 1.14 bits per heavy atom. The number of amides is 1. The number of nitrogens with zero attached hydrogens (tertiary/aromatic N) is 5. The first-order valence-corrected chi connectivity index (χ1v) is 9.38. The van der Waals surface area contributed by atoms with E-state index in [0.29, 0.717) is 11.6 Å². The van der Waals surface area contributed by atoms with Crippen LogP contribution in [0.5, 0.6) is 0 Å². The molecule has 0 bridgehead atoms. The molecule has 0 radical (unpaired) electrons. The molecular formula is C21H23N5O2. The smallest absolute Gasteiger partial charge is 0.249 e. The Hall–Kier alpha value is -3.06. The molecule has 0 spiro atoms. The number of carbonyl (C=O) groups is 1. The van der Waals surface area contributed by atoms with Gasteiger partial charge in [-0.15, -0.1) is 0 Å². The van der Waals surface area contributed by atoms with Crippen molar-refractivity contribution in [2.75, 3.05) is 6.61 Å². The van der Waals surface area contributed by atoms with E-state index < -0.39 is 6.10 Å². The summed E-state index contributed by atoms with van der Waals surface area (Å²) >= 11 is 0. The van der Waals surface area contributed by atoms with Crippen LogP contribution in [-0.2, 0) is 9.53 Å². The van der Waals surface area contributed by atoms with Crippen molar-refractivity contribution in [3.63, 3.8) is 0 Å². The van der Waals surface area contributed by atoms with Gasteiger partial charge in [-0.05, 0) is 38.5 Å². The average Bonchev–Trinajstić information content (AvgIpc) is 3.10. The molecule has 4 rings (SSSR count). The fourth-order valence-electron chi connectivity index (χ4n) is 3.72. The van der Waals surface area contributed by atoms with Crippen molar-refractivity contribution in [1.82, 2.24) is 24.6 Å². The molecule has 3 aromatic rings. The molecule has 0 unspecified atom stereocenters. The Balaban J connectivity index is 1.85. The standard InChI is InChI=1S/C21H23N5O2/c1-14(2)25-18(27)13-28-20(19(25)16-8-5-4-6-9-16)21-23-15(3)24-26(21)17-10-7-11-22-12-17/h4-12,14,19-20H,13H2,1-3H3/t19-,20+/m1/s1. The predicted octanol–water partition coefficient (Wildman–Crippen LogP) is 3.02. The second-order valence-corrected chi connectivity index (χ2v) is 7.12. The van der Waals surface area contributed by atoms with Crippen LogP contribution in [0.15, 0.2) is 54.9 Å². The van der Waals surface area contributed by atoms with E-state index in [0.717, 1.165) is 11.3 Å². The summed E-state index contributed by atoms with van der Waals surface area (Å²) in [6.45, 7) is 5.91. The van der Waals surface area contributed by atoms with Gasteiger partial charge in [0.1, 0.15) is 18.5 Å². The Morgan fingerprint density at radius 3 is 2.61 bits per heavy atom. The lowest BCUT2D eigenvalue weighted by Crippen LogP contribution is -2.49. The van der Waals surface area contributed by atoms with Crippen molar-refractivity contribution in [1.29, 1.82) is 0 Å². The lowest BCUT2D eigenvalue weighted by Gasteiger charge is -2.43. The number of ether oxygens (including phenoxy) is 1. The first kappa shape index (κ1) is 18.3. The average molecular weight is 377 g/mol. The summed E-state index contributed by atoms with van der Waals surface area (Å²) in [5.74, 6) is 1.28. The molecule has 7 nitrogen and oxygen atoms in total. The highest BCUT2D eigenvalue weighted by Crippen LogP contribution is 2.40. The van der Waals surface area contributed by atoms with Crippen molar-refractivity contribution in [2.24, 2.45) is 0 Å². The number of carbonyl (C=O) groups excluding carboxylic acids is 1. The number of pyridine rings is 1. The maximum Gasteiger partial charge on any atom is 0.249 e. The summed E-state index contributed by atoms with van der Waals surface area (Å²) in [4.78, 5) is 23.5. The van der Waals surface area contributed by atoms with Gasteiger partial charge < -0.3 is 9.64 Å². The van der Waals surface area contributed by atoms with E-state index in [2.05, 4.69) is 15.1 Å². The summed E-state index contributed by atoms with van der Waals surface area (Å²) in [6, 6.07) is 13.5. The first-order valence-electron chi connectivity index (χ1n) is 9.38. The lowest BCUT2D eigenvalue weighted by molar-refractivity contribution is -0.162. The Bertz CT molecular complexity index is 955. The Labute approximate surface area is 164 Å². The number of aryl methyl sites for hydroxylation is 1. The normalized spacial score (nSPS) is 20.0. The van der Waals surface area contributed by atoms with Crippen LogP contribution in [0, 0.1) is 6.92 Å².